The van der Waals surface area contributed by atoms with Crippen molar-refractivity contribution in [2.45, 2.75) is 57.8 Å². The molecule has 1 saturated heterocycles. The Morgan fingerprint density at radius 3 is 2.63 bits per heavy atom. The molecule has 1 saturated carbocycles. The van der Waals surface area contributed by atoms with Gasteiger partial charge in [0.2, 0.25) is 0 Å². The second-order valence-corrected chi connectivity index (χ2v) is 9.35. The summed E-state index contributed by atoms with van der Waals surface area (Å²) in [6, 6.07) is 16.2. The first-order valence-electron chi connectivity index (χ1n) is 12.6. The topological polar surface area (TPSA) is 85.3 Å². The van der Waals surface area contributed by atoms with Gasteiger partial charge in [0.25, 0.3) is 0 Å². The first-order valence-corrected chi connectivity index (χ1v) is 12.6. The number of esters is 1. The number of likely N-dealkylation sites (tertiary alicyclic amines) is 1. The van der Waals surface area contributed by atoms with E-state index in [0.717, 1.165) is 24.0 Å². The molecule has 1 unspecified atom stereocenters. The van der Waals surface area contributed by atoms with Crippen LogP contribution < -0.4 is 4.74 Å². The van der Waals surface area contributed by atoms with Gasteiger partial charge in [0.1, 0.15) is 18.4 Å². The van der Waals surface area contributed by atoms with Crippen molar-refractivity contribution in [1.82, 2.24) is 4.90 Å². The first kappa shape index (κ1) is 25.0. The molecule has 2 fully saturated rings. The van der Waals surface area contributed by atoms with E-state index in [1.807, 2.05) is 54.6 Å². The van der Waals surface area contributed by atoms with Crippen molar-refractivity contribution in [3.63, 3.8) is 0 Å². The molecule has 0 aromatic heterocycles. The summed E-state index contributed by atoms with van der Waals surface area (Å²) in [7, 11) is 0. The maximum absolute atomic E-state index is 13.1. The zero-order valence-electron chi connectivity index (χ0n) is 20.5. The second-order valence-electron chi connectivity index (χ2n) is 9.35. The Morgan fingerprint density at radius 2 is 1.89 bits per heavy atom. The Kier molecular flexibility index (Phi) is 7.96. The highest BCUT2D eigenvalue weighted by molar-refractivity contribution is 5.83. The summed E-state index contributed by atoms with van der Waals surface area (Å²) in [5, 5.41) is 11.9. The maximum atomic E-state index is 13.1. The van der Waals surface area contributed by atoms with E-state index in [-0.39, 0.29) is 31.6 Å². The molecule has 2 aliphatic rings. The lowest BCUT2D eigenvalue weighted by Crippen LogP contribution is -2.44. The van der Waals surface area contributed by atoms with E-state index in [1.54, 1.807) is 6.92 Å². The Balaban J connectivity index is 1.54. The fourth-order valence-electron chi connectivity index (χ4n) is 5.42. The van der Waals surface area contributed by atoms with Crippen LogP contribution in [0.3, 0.4) is 0 Å². The van der Waals surface area contributed by atoms with E-state index in [1.165, 1.54) is 4.90 Å². The molecule has 1 aliphatic heterocycles. The third-order valence-electron chi connectivity index (χ3n) is 7.19. The smallest absolute Gasteiger partial charge is 0.410 e. The standard InChI is InChI=1S/C28H35NO6/c1-3-5-16-34-22-13-9-12-21(17-22)28(32)15-14-23-24(28)18-29(25(23)26(30)33-4-2)27(31)35-19-20-10-7-6-8-11-20/h6-13,17,23-25,32H,3-5,14-16,18-19H2,1-2H3/t23-,24-,25-,28?/m0/s1. The Hall–Kier alpha value is -3.06. The minimum Gasteiger partial charge on any atom is -0.494 e. The molecule has 0 radical (unpaired) electrons. The van der Waals surface area contributed by atoms with Gasteiger partial charge in [0, 0.05) is 12.5 Å². The van der Waals surface area contributed by atoms with Crippen molar-refractivity contribution in [1.29, 1.82) is 0 Å². The zero-order valence-corrected chi connectivity index (χ0v) is 20.5. The normalized spacial score (nSPS) is 25.2. The van der Waals surface area contributed by atoms with Gasteiger partial charge in [-0.3, -0.25) is 4.90 Å². The van der Waals surface area contributed by atoms with Gasteiger partial charge >= 0.3 is 12.1 Å². The van der Waals surface area contributed by atoms with Crippen LogP contribution in [0.25, 0.3) is 0 Å². The Morgan fingerprint density at radius 1 is 1.09 bits per heavy atom. The fraction of sp³-hybridized carbons (Fsp3) is 0.500. The van der Waals surface area contributed by atoms with E-state index in [4.69, 9.17) is 14.2 Å². The van der Waals surface area contributed by atoms with Crippen LogP contribution in [0, 0.1) is 11.8 Å². The number of benzene rings is 2. The third-order valence-corrected chi connectivity index (χ3v) is 7.19. The average Bonchev–Trinajstić information content (AvgIpc) is 3.42. The van der Waals surface area contributed by atoms with Crippen molar-refractivity contribution >= 4 is 12.1 Å². The van der Waals surface area contributed by atoms with Crippen LogP contribution in [0.2, 0.25) is 0 Å². The average molecular weight is 482 g/mol. The summed E-state index contributed by atoms with van der Waals surface area (Å²) >= 11 is 0. The van der Waals surface area contributed by atoms with Gasteiger partial charge in [0.05, 0.1) is 18.8 Å². The van der Waals surface area contributed by atoms with E-state index >= 15 is 0 Å². The van der Waals surface area contributed by atoms with Gasteiger partial charge < -0.3 is 19.3 Å². The molecular formula is C28H35NO6. The Labute approximate surface area is 207 Å². The molecule has 1 heterocycles. The molecular weight excluding hydrogens is 446 g/mol. The SMILES string of the molecule is CCCCOc1cccc(C2(O)CC[C@@H]3[C@@H](C(=O)OCC)N(C(=O)OCc4ccccc4)C[C@@H]32)c1. The minimum absolute atomic E-state index is 0.114. The zero-order chi connectivity index (χ0) is 24.8. The lowest BCUT2D eigenvalue weighted by atomic mass is 9.81. The van der Waals surface area contributed by atoms with Crippen LogP contribution in [-0.4, -0.2) is 47.9 Å². The van der Waals surface area contributed by atoms with Crippen LogP contribution in [0.1, 0.15) is 50.7 Å². The fourth-order valence-corrected chi connectivity index (χ4v) is 5.42. The molecule has 0 bridgehead atoms. The van der Waals surface area contributed by atoms with E-state index < -0.39 is 23.7 Å². The third kappa shape index (κ3) is 5.30. The second kappa shape index (κ2) is 11.1. The van der Waals surface area contributed by atoms with Crippen LogP contribution in [0.15, 0.2) is 54.6 Å². The molecule has 188 valence electrons. The molecule has 2 aromatic carbocycles. The van der Waals surface area contributed by atoms with Gasteiger partial charge in [-0.15, -0.1) is 0 Å². The van der Waals surface area contributed by atoms with Crippen LogP contribution in [0.5, 0.6) is 5.75 Å². The summed E-state index contributed by atoms with van der Waals surface area (Å²) in [6.07, 6.45) is 2.54. The summed E-state index contributed by atoms with van der Waals surface area (Å²) in [5.74, 6) is -0.260. The van der Waals surface area contributed by atoms with Crippen molar-refractivity contribution in [2.24, 2.45) is 11.8 Å². The van der Waals surface area contributed by atoms with Crippen LogP contribution >= 0.6 is 0 Å². The summed E-state index contributed by atoms with van der Waals surface area (Å²) in [5.41, 5.74) is 0.444. The molecule has 0 spiro atoms. The maximum Gasteiger partial charge on any atom is 0.410 e. The van der Waals surface area contributed by atoms with Gasteiger partial charge in [0.15, 0.2) is 0 Å². The molecule has 1 amide bonds. The number of unbranched alkanes of at least 4 members (excludes halogenated alkanes) is 1. The number of amides is 1. The van der Waals surface area contributed by atoms with Gasteiger partial charge in [-0.25, -0.2) is 9.59 Å². The number of rotatable bonds is 9. The number of carbonyl (C=O) groups is 2. The van der Waals surface area contributed by atoms with E-state index in [0.29, 0.717) is 25.2 Å². The number of ether oxygens (including phenoxy) is 3. The molecule has 35 heavy (non-hydrogen) atoms. The molecule has 1 N–H and O–H groups in total. The molecule has 7 heteroatoms. The minimum atomic E-state index is -1.17. The molecule has 4 rings (SSSR count). The number of aliphatic hydroxyl groups is 1. The van der Waals surface area contributed by atoms with Crippen molar-refractivity contribution < 1.29 is 28.9 Å². The van der Waals surface area contributed by atoms with Gasteiger partial charge in [-0.2, -0.15) is 0 Å². The van der Waals surface area contributed by atoms with E-state index in [9.17, 15) is 14.7 Å². The molecule has 7 nitrogen and oxygen atoms in total. The lowest BCUT2D eigenvalue weighted by Gasteiger charge is -2.31. The number of hydrogen-bond donors (Lipinski definition) is 1. The largest absolute Gasteiger partial charge is 0.494 e. The van der Waals surface area contributed by atoms with Gasteiger partial charge in [-0.1, -0.05) is 55.8 Å². The number of fused-ring (bicyclic) bond motifs is 1. The van der Waals surface area contributed by atoms with Gasteiger partial charge in [-0.05, 0) is 55.4 Å². The predicted octanol–water partition coefficient (Wildman–Crippen LogP) is 4.66. The number of nitrogens with zero attached hydrogens (tertiary/aromatic N) is 1. The number of carbonyl (C=O) groups excluding carboxylic acids is 2. The number of hydrogen-bond acceptors (Lipinski definition) is 6. The molecule has 1 aliphatic carbocycles. The first-order chi connectivity index (χ1) is 17.0. The predicted molar refractivity (Wildman–Crippen MR) is 131 cm³/mol. The molecule has 4 atom stereocenters. The highest BCUT2D eigenvalue weighted by Crippen LogP contribution is 2.53. The Bertz CT molecular complexity index is 1010. The lowest BCUT2D eigenvalue weighted by molar-refractivity contribution is -0.149. The molecule has 2 aromatic rings. The van der Waals surface area contributed by atoms with E-state index in [2.05, 4.69) is 6.92 Å². The summed E-state index contributed by atoms with van der Waals surface area (Å²) < 4.78 is 16.8. The monoisotopic (exact) mass is 481 g/mol. The van der Waals surface area contributed by atoms with Crippen molar-refractivity contribution in [3.05, 3.63) is 65.7 Å². The highest BCUT2D eigenvalue weighted by Gasteiger charge is 2.60. The summed E-state index contributed by atoms with van der Waals surface area (Å²) in [4.78, 5) is 27.5. The quantitative estimate of drug-likeness (QED) is 0.414. The summed E-state index contributed by atoms with van der Waals surface area (Å²) in [6.45, 7) is 5.04. The van der Waals surface area contributed by atoms with Crippen LogP contribution in [-0.2, 0) is 26.5 Å². The highest BCUT2D eigenvalue weighted by atomic mass is 16.6. The van der Waals surface area contributed by atoms with Crippen molar-refractivity contribution in [3.8, 4) is 5.75 Å². The van der Waals surface area contributed by atoms with Crippen LogP contribution in [0.4, 0.5) is 4.79 Å². The van der Waals surface area contributed by atoms with Crippen molar-refractivity contribution in [2.75, 3.05) is 19.8 Å².